The van der Waals surface area contributed by atoms with Crippen LogP contribution in [0.15, 0.2) is 6.20 Å². The SMILES string of the molecule is Cn1ncc(C(C)(C)C(=O)O)c1C(C)(C)C. The lowest BCUT2D eigenvalue weighted by Crippen LogP contribution is -2.32. The Morgan fingerprint density at radius 3 is 2.19 bits per heavy atom. The molecule has 0 aromatic carbocycles. The van der Waals surface area contributed by atoms with Crippen LogP contribution in [0.2, 0.25) is 0 Å². The van der Waals surface area contributed by atoms with E-state index in [0.717, 1.165) is 11.3 Å². The highest BCUT2D eigenvalue weighted by molar-refractivity contribution is 5.80. The smallest absolute Gasteiger partial charge is 0.313 e. The van der Waals surface area contributed by atoms with E-state index < -0.39 is 11.4 Å². The third-order valence-corrected chi connectivity index (χ3v) is 2.86. The second kappa shape index (κ2) is 3.61. The lowest BCUT2D eigenvalue weighted by Gasteiger charge is -2.26. The van der Waals surface area contributed by atoms with Gasteiger partial charge < -0.3 is 5.11 Å². The molecule has 0 saturated carbocycles. The topological polar surface area (TPSA) is 55.1 Å². The Bertz CT molecular complexity index is 411. The molecule has 0 fully saturated rings. The van der Waals surface area contributed by atoms with Crippen LogP contribution in [0.25, 0.3) is 0 Å². The zero-order valence-electron chi connectivity index (χ0n) is 10.8. The lowest BCUT2D eigenvalue weighted by atomic mass is 9.78. The van der Waals surface area contributed by atoms with Crippen LogP contribution in [0.3, 0.4) is 0 Å². The number of rotatable bonds is 2. The molecule has 90 valence electrons. The van der Waals surface area contributed by atoms with Crippen molar-refractivity contribution in [2.75, 3.05) is 0 Å². The summed E-state index contributed by atoms with van der Waals surface area (Å²) in [6, 6.07) is 0. The van der Waals surface area contributed by atoms with Crippen LogP contribution in [-0.4, -0.2) is 20.9 Å². The molecule has 0 radical (unpaired) electrons. The molecule has 0 aliphatic carbocycles. The molecule has 1 heterocycles. The van der Waals surface area contributed by atoms with Crippen molar-refractivity contribution >= 4 is 5.97 Å². The molecule has 1 rings (SSSR count). The van der Waals surface area contributed by atoms with E-state index in [-0.39, 0.29) is 5.41 Å². The molecule has 0 amide bonds. The Labute approximate surface area is 96.3 Å². The molecule has 0 saturated heterocycles. The maximum atomic E-state index is 11.3. The molecule has 4 heteroatoms. The fraction of sp³-hybridized carbons (Fsp3) is 0.667. The molecule has 1 aromatic heterocycles. The van der Waals surface area contributed by atoms with Gasteiger partial charge in [-0.05, 0) is 13.8 Å². The van der Waals surface area contributed by atoms with Crippen LogP contribution in [0.4, 0.5) is 0 Å². The van der Waals surface area contributed by atoms with E-state index in [1.807, 2.05) is 7.05 Å². The minimum Gasteiger partial charge on any atom is -0.481 e. The highest BCUT2D eigenvalue weighted by atomic mass is 16.4. The highest BCUT2D eigenvalue weighted by Crippen LogP contribution is 2.33. The van der Waals surface area contributed by atoms with E-state index in [2.05, 4.69) is 25.9 Å². The minimum atomic E-state index is -0.906. The van der Waals surface area contributed by atoms with Crippen LogP contribution in [0, 0.1) is 0 Å². The van der Waals surface area contributed by atoms with Crippen LogP contribution in [-0.2, 0) is 22.7 Å². The highest BCUT2D eigenvalue weighted by Gasteiger charge is 2.36. The van der Waals surface area contributed by atoms with Crippen molar-refractivity contribution < 1.29 is 9.90 Å². The summed E-state index contributed by atoms with van der Waals surface area (Å²) in [6.45, 7) is 9.60. The summed E-state index contributed by atoms with van der Waals surface area (Å²) in [5.74, 6) is -0.828. The number of aryl methyl sites for hydroxylation is 1. The summed E-state index contributed by atoms with van der Waals surface area (Å²) in [7, 11) is 1.85. The van der Waals surface area contributed by atoms with E-state index in [4.69, 9.17) is 0 Å². The predicted molar refractivity (Wildman–Crippen MR) is 62.6 cm³/mol. The van der Waals surface area contributed by atoms with Gasteiger partial charge in [-0.25, -0.2) is 0 Å². The standard InChI is InChI=1S/C12H20N2O2/c1-11(2,3)9-8(7-13-14(9)6)12(4,5)10(15)16/h7H,1-6H3,(H,15,16). The molecule has 1 N–H and O–H groups in total. The summed E-state index contributed by atoms with van der Waals surface area (Å²) in [5.41, 5.74) is 0.736. The van der Waals surface area contributed by atoms with Crippen LogP contribution in [0.5, 0.6) is 0 Å². The largest absolute Gasteiger partial charge is 0.481 e. The van der Waals surface area contributed by atoms with Crippen molar-refractivity contribution in [3.8, 4) is 0 Å². The first-order valence-electron chi connectivity index (χ1n) is 5.35. The molecule has 0 atom stereocenters. The van der Waals surface area contributed by atoms with Crippen molar-refractivity contribution in [2.24, 2.45) is 7.05 Å². The predicted octanol–water partition coefficient (Wildman–Crippen LogP) is 2.08. The third kappa shape index (κ3) is 1.96. The molecule has 0 aliphatic rings. The fourth-order valence-corrected chi connectivity index (χ4v) is 1.90. The van der Waals surface area contributed by atoms with Gasteiger partial charge in [-0.15, -0.1) is 0 Å². The monoisotopic (exact) mass is 224 g/mol. The summed E-state index contributed by atoms with van der Waals surface area (Å²) in [4.78, 5) is 11.3. The van der Waals surface area contributed by atoms with Gasteiger partial charge in [0, 0.05) is 23.7 Å². The Morgan fingerprint density at radius 1 is 1.31 bits per heavy atom. The van der Waals surface area contributed by atoms with Gasteiger partial charge in [0.05, 0.1) is 11.6 Å². The normalized spacial score (nSPS) is 12.9. The first kappa shape index (κ1) is 12.7. The molecule has 4 nitrogen and oxygen atoms in total. The van der Waals surface area contributed by atoms with Crippen LogP contribution >= 0.6 is 0 Å². The van der Waals surface area contributed by atoms with E-state index in [1.54, 1.807) is 24.7 Å². The Hall–Kier alpha value is -1.32. The summed E-state index contributed by atoms with van der Waals surface area (Å²) in [5, 5.41) is 13.4. The van der Waals surface area contributed by atoms with E-state index >= 15 is 0 Å². The first-order valence-corrected chi connectivity index (χ1v) is 5.35. The van der Waals surface area contributed by atoms with Gasteiger partial charge >= 0.3 is 5.97 Å². The zero-order valence-corrected chi connectivity index (χ0v) is 10.8. The number of carbonyl (C=O) groups is 1. The molecular weight excluding hydrogens is 204 g/mol. The maximum absolute atomic E-state index is 11.3. The molecule has 0 spiro atoms. The number of carboxylic acid groups (broad SMARTS) is 1. The third-order valence-electron chi connectivity index (χ3n) is 2.86. The molecule has 1 aromatic rings. The van der Waals surface area contributed by atoms with Crippen LogP contribution < -0.4 is 0 Å². The number of aliphatic carboxylic acids is 1. The number of nitrogens with zero attached hydrogens (tertiary/aromatic N) is 2. The second-order valence-corrected chi connectivity index (χ2v) is 5.71. The molecule has 0 bridgehead atoms. The van der Waals surface area contributed by atoms with E-state index in [9.17, 15) is 9.90 Å². The minimum absolute atomic E-state index is 0.118. The summed E-state index contributed by atoms with van der Waals surface area (Å²) in [6.07, 6.45) is 1.66. The second-order valence-electron chi connectivity index (χ2n) is 5.71. The van der Waals surface area contributed by atoms with Gasteiger partial charge in [0.15, 0.2) is 0 Å². The quantitative estimate of drug-likeness (QED) is 0.836. The van der Waals surface area contributed by atoms with Crippen molar-refractivity contribution in [1.29, 1.82) is 0 Å². The van der Waals surface area contributed by atoms with Gasteiger partial charge in [0.1, 0.15) is 0 Å². The van der Waals surface area contributed by atoms with Crippen molar-refractivity contribution in [3.05, 3.63) is 17.5 Å². The molecular formula is C12H20N2O2. The Balaban J connectivity index is 3.43. The van der Waals surface area contributed by atoms with E-state index in [1.165, 1.54) is 0 Å². The number of hydrogen-bond acceptors (Lipinski definition) is 2. The number of carboxylic acids is 1. The molecule has 0 unspecified atom stereocenters. The summed E-state index contributed by atoms with van der Waals surface area (Å²) < 4.78 is 1.76. The Morgan fingerprint density at radius 2 is 1.81 bits per heavy atom. The van der Waals surface area contributed by atoms with Gasteiger partial charge in [0.25, 0.3) is 0 Å². The van der Waals surface area contributed by atoms with Gasteiger partial charge in [0.2, 0.25) is 0 Å². The zero-order chi connectivity index (χ0) is 12.7. The average molecular weight is 224 g/mol. The summed E-state index contributed by atoms with van der Waals surface area (Å²) >= 11 is 0. The van der Waals surface area contributed by atoms with Crippen molar-refractivity contribution in [2.45, 2.75) is 45.4 Å². The van der Waals surface area contributed by atoms with Crippen molar-refractivity contribution in [3.63, 3.8) is 0 Å². The van der Waals surface area contributed by atoms with Gasteiger partial charge in [-0.2, -0.15) is 5.10 Å². The molecule has 16 heavy (non-hydrogen) atoms. The molecule has 0 aliphatic heterocycles. The van der Waals surface area contributed by atoms with Crippen LogP contribution in [0.1, 0.15) is 45.9 Å². The van der Waals surface area contributed by atoms with Crippen molar-refractivity contribution in [1.82, 2.24) is 9.78 Å². The maximum Gasteiger partial charge on any atom is 0.313 e. The van der Waals surface area contributed by atoms with Gasteiger partial charge in [-0.1, -0.05) is 20.8 Å². The Kier molecular flexibility index (Phi) is 2.88. The number of hydrogen-bond donors (Lipinski definition) is 1. The lowest BCUT2D eigenvalue weighted by molar-refractivity contribution is -0.142. The van der Waals surface area contributed by atoms with Gasteiger partial charge in [-0.3, -0.25) is 9.48 Å². The average Bonchev–Trinajstić information content (AvgIpc) is 2.46. The fourth-order valence-electron chi connectivity index (χ4n) is 1.90. The number of aromatic nitrogens is 2. The first-order chi connectivity index (χ1) is 7.08. The van der Waals surface area contributed by atoms with E-state index in [0.29, 0.717) is 0 Å².